The molecular formula is C37H51Cl4Zr2. The molecule has 1 unspecified atom stereocenters. The van der Waals surface area contributed by atoms with Crippen molar-refractivity contribution in [3.8, 4) is 0 Å². The second kappa shape index (κ2) is 13.4. The molecule has 4 aliphatic carbocycles. The number of fused-ring (bicyclic) bond motifs is 1. The molecule has 235 valence electrons. The van der Waals surface area contributed by atoms with Gasteiger partial charge in [-0.3, -0.25) is 0 Å². The number of halogens is 4. The Kier molecular flexibility index (Phi) is 12.9. The van der Waals surface area contributed by atoms with Crippen LogP contribution in [0.2, 0.25) is 13.9 Å². The molecular weight excluding hydrogens is 769 g/mol. The average Bonchev–Trinajstić information content (AvgIpc) is 3.60. The van der Waals surface area contributed by atoms with Gasteiger partial charge in [0.15, 0.2) is 0 Å². The van der Waals surface area contributed by atoms with Gasteiger partial charge in [-0.2, -0.15) is 0 Å². The van der Waals surface area contributed by atoms with Crippen molar-refractivity contribution < 1.29 is 64.4 Å². The first-order valence-electron chi connectivity index (χ1n) is 15.0. The summed E-state index contributed by atoms with van der Waals surface area (Å²) in [4.78, 5) is 0. The van der Waals surface area contributed by atoms with Gasteiger partial charge in [0.1, 0.15) is 0 Å². The third kappa shape index (κ3) is 8.63. The van der Waals surface area contributed by atoms with E-state index in [1.54, 1.807) is 35.9 Å². The van der Waals surface area contributed by atoms with Crippen LogP contribution in [0.3, 0.4) is 0 Å². The molecule has 5 rings (SSSR count). The third-order valence-electron chi connectivity index (χ3n) is 10.2. The van der Waals surface area contributed by atoms with Crippen molar-refractivity contribution in [1.82, 2.24) is 0 Å². The van der Waals surface area contributed by atoms with Crippen molar-refractivity contribution in [3.63, 3.8) is 0 Å². The Morgan fingerprint density at radius 3 is 1.49 bits per heavy atom. The van der Waals surface area contributed by atoms with Crippen LogP contribution in [0, 0.1) is 10.8 Å². The summed E-state index contributed by atoms with van der Waals surface area (Å²) < 4.78 is 8.05. The summed E-state index contributed by atoms with van der Waals surface area (Å²) in [5.74, 6) is 0. The van der Waals surface area contributed by atoms with Crippen LogP contribution in [-0.4, -0.2) is 0 Å². The van der Waals surface area contributed by atoms with E-state index in [9.17, 15) is 0 Å². The summed E-state index contributed by atoms with van der Waals surface area (Å²) >= 11 is -2.24. The zero-order chi connectivity index (χ0) is 31.4. The van der Waals surface area contributed by atoms with Crippen molar-refractivity contribution in [2.24, 2.45) is 10.8 Å². The van der Waals surface area contributed by atoms with Crippen molar-refractivity contribution in [3.05, 3.63) is 108 Å². The van der Waals surface area contributed by atoms with Crippen molar-refractivity contribution in [2.45, 2.75) is 93.2 Å². The molecule has 0 aliphatic heterocycles. The maximum absolute atomic E-state index is 6.51. The summed E-state index contributed by atoms with van der Waals surface area (Å²) in [5, 5.41) is 0. The Bertz CT molecular complexity index is 1430. The summed E-state index contributed by atoms with van der Waals surface area (Å²) in [6.07, 6.45) is 11.6. The SMILES string of the molecule is CC1=C(C)C(C)(C)C(C2=C(C)C(C)=C(C)C2(C)C)=C1C.[CH3][Zr]([CH3])([CH3])([Cl])([Cl])[C]1=CC=CC1.[Cl-].[Cl-].[Zr+2][CH]1C=Cc2ccccc21. The van der Waals surface area contributed by atoms with E-state index in [0.29, 0.717) is 3.63 Å². The average molecular weight is 820 g/mol. The van der Waals surface area contributed by atoms with Crippen molar-refractivity contribution in [1.29, 1.82) is 0 Å². The van der Waals surface area contributed by atoms with Gasteiger partial charge in [-0.15, -0.1) is 0 Å². The molecule has 43 heavy (non-hydrogen) atoms. The van der Waals surface area contributed by atoms with E-state index in [4.69, 9.17) is 17.0 Å². The summed E-state index contributed by atoms with van der Waals surface area (Å²) in [7, 11) is 13.0. The zero-order valence-corrected chi connectivity index (χ0v) is 36.4. The molecule has 1 aromatic carbocycles. The number of benzene rings is 1. The van der Waals surface area contributed by atoms with E-state index >= 15 is 0 Å². The van der Waals surface area contributed by atoms with Crippen LogP contribution < -0.4 is 24.8 Å². The number of rotatable bonds is 2. The Hall–Kier alpha value is 0.326. The maximum atomic E-state index is 6.51. The predicted molar refractivity (Wildman–Crippen MR) is 179 cm³/mol. The second-order valence-corrected chi connectivity index (χ2v) is 55.2. The molecule has 0 bridgehead atoms. The van der Waals surface area contributed by atoms with Crippen LogP contribution in [0.15, 0.2) is 96.4 Å². The first-order chi connectivity index (χ1) is 18.4. The van der Waals surface area contributed by atoms with Crippen LogP contribution in [0.5, 0.6) is 0 Å². The summed E-state index contributed by atoms with van der Waals surface area (Å²) in [6, 6.07) is 8.60. The predicted octanol–water partition coefficient (Wildman–Crippen LogP) is 7.19. The summed E-state index contributed by atoms with van der Waals surface area (Å²) in [5.41, 5.74) is 15.4. The standard InChI is InChI=1S/C20H30.C9H7.C5H5.3CH3.4ClH.2Zr/c1-11-13(3)17(19(7,8)15(11)5)18-14(4)12(2)16(6)20(18,9)10;1-2-5-9-7-3-6-8(9)4-1;1-2-4-5-3-1;;;;;;;;;/h1-10H3;1-7H;1-3H,4H2;3*1H3;4*1H;;/q;;;;;;;;;;2*+2/p-4. The first-order valence-corrected chi connectivity index (χ1v) is 31.3. The van der Waals surface area contributed by atoms with Gasteiger partial charge in [0.2, 0.25) is 0 Å². The minimum atomic E-state index is -3.83. The molecule has 0 heterocycles. The van der Waals surface area contributed by atoms with Gasteiger partial charge in [-0.1, -0.05) is 38.8 Å². The molecule has 0 radical (unpaired) electrons. The van der Waals surface area contributed by atoms with Crippen LogP contribution in [0.1, 0.15) is 90.4 Å². The molecule has 0 aromatic heterocycles. The molecule has 6 heteroatoms. The van der Waals surface area contributed by atoms with Crippen LogP contribution in [0.25, 0.3) is 6.08 Å². The quantitative estimate of drug-likeness (QED) is 0.297. The Labute approximate surface area is 295 Å². The van der Waals surface area contributed by atoms with E-state index < -0.39 is 14.9 Å². The van der Waals surface area contributed by atoms with E-state index in [1.807, 2.05) is 20.0 Å². The van der Waals surface area contributed by atoms with E-state index in [1.165, 1.54) is 47.8 Å². The molecule has 0 nitrogen and oxygen atoms in total. The monoisotopic (exact) mass is 815 g/mol. The first kappa shape index (κ1) is 41.3. The van der Waals surface area contributed by atoms with Crippen LogP contribution in [-0.2, 0) is 39.6 Å². The van der Waals surface area contributed by atoms with Gasteiger partial charge in [0.05, 0.1) is 0 Å². The normalized spacial score (nSPS) is 23.0. The topological polar surface area (TPSA) is 0 Å². The van der Waals surface area contributed by atoms with Gasteiger partial charge in [0.25, 0.3) is 0 Å². The van der Waals surface area contributed by atoms with Gasteiger partial charge in [-0.25, -0.2) is 0 Å². The van der Waals surface area contributed by atoms with E-state index in [-0.39, 0.29) is 35.6 Å². The third-order valence-corrected chi connectivity index (χ3v) is 21.1. The second-order valence-electron chi connectivity index (χ2n) is 15.2. The Morgan fingerprint density at radius 1 is 0.744 bits per heavy atom. The molecule has 0 amide bonds. The molecule has 1 aromatic rings. The van der Waals surface area contributed by atoms with Crippen LogP contribution >= 0.6 is 17.0 Å². The minimum absolute atomic E-state index is 0. The molecule has 0 spiro atoms. The van der Waals surface area contributed by atoms with Crippen LogP contribution in [0.4, 0.5) is 0 Å². The van der Waals surface area contributed by atoms with Gasteiger partial charge < -0.3 is 24.8 Å². The van der Waals surface area contributed by atoms with Gasteiger partial charge >= 0.3 is 150 Å². The molecule has 0 fully saturated rings. The van der Waals surface area contributed by atoms with Gasteiger partial charge in [-0.05, 0) is 75.0 Å². The van der Waals surface area contributed by atoms with Gasteiger partial charge in [0, 0.05) is 10.8 Å². The molecule has 0 N–H and O–H groups in total. The van der Waals surface area contributed by atoms with E-state index in [0.717, 1.165) is 6.42 Å². The number of allylic oxidation sites excluding steroid dienone is 13. The van der Waals surface area contributed by atoms with Crippen molar-refractivity contribution in [2.75, 3.05) is 0 Å². The fourth-order valence-corrected chi connectivity index (χ4v) is 13.1. The molecule has 4 aliphatic rings. The number of hydrogen-bond donors (Lipinski definition) is 0. The zero-order valence-electron chi connectivity index (χ0n) is 28.5. The van der Waals surface area contributed by atoms with E-state index in [2.05, 4.69) is 118 Å². The Balaban J connectivity index is 0.000000342. The fraction of sp³-hybridized carbons (Fsp3) is 0.459. The summed E-state index contributed by atoms with van der Waals surface area (Å²) in [6.45, 7) is 23.3. The molecule has 0 saturated heterocycles. The molecule has 0 saturated carbocycles. The number of hydrogen-bond acceptors (Lipinski definition) is 0. The van der Waals surface area contributed by atoms with Crippen molar-refractivity contribution >= 4 is 23.1 Å². The molecule has 1 atom stereocenters. The Morgan fingerprint density at radius 2 is 1.19 bits per heavy atom. The fourth-order valence-electron chi connectivity index (χ4n) is 6.58.